The van der Waals surface area contributed by atoms with Crippen LogP contribution < -0.4 is 10.6 Å². The van der Waals surface area contributed by atoms with Gasteiger partial charge in [0.05, 0.1) is 10.7 Å². The Balaban J connectivity index is 1.86. The van der Waals surface area contributed by atoms with E-state index in [1.165, 1.54) is 0 Å². The molecule has 0 saturated carbocycles. The van der Waals surface area contributed by atoms with Crippen molar-refractivity contribution in [1.29, 1.82) is 0 Å². The molecule has 1 aromatic rings. The lowest BCUT2D eigenvalue weighted by atomic mass is 10.2. The molecule has 24 heavy (non-hydrogen) atoms. The van der Waals surface area contributed by atoms with Gasteiger partial charge in [-0.3, -0.25) is 4.79 Å². The highest BCUT2D eigenvalue weighted by Gasteiger charge is 2.34. The lowest BCUT2D eigenvalue weighted by Crippen LogP contribution is -2.47. The molecule has 1 aliphatic heterocycles. The van der Waals surface area contributed by atoms with Crippen molar-refractivity contribution in [3.63, 3.8) is 0 Å². The number of nitrogens with zero attached hydrogens (tertiary/aromatic N) is 1. The van der Waals surface area contributed by atoms with Gasteiger partial charge in [0.1, 0.15) is 6.04 Å². The van der Waals surface area contributed by atoms with Crippen LogP contribution in [0.1, 0.15) is 26.2 Å². The molecule has 7 heteroatoms. The first-order chi connectivity index (χ1) is 11.6. The van der Waals surface area contributed by atoms with Gasteiger partial charge in [-0.05, 0) is 38.3 Å². The molecule has 2 N–H and O–H groups in total. The number of carbonyl (C=O) groups is 2. The van der Waals surface area contributed by atoms with Crippen molar-refractivity contribution in [1.82, 2.24) is 10.2 Å². The molecule has 0 aliphatic carbocycles. The Morgan fingerprint density at radius 2 is 2.17 bits per heavy atom. The first kappa shape index (κ1) is 18.5. The number of anilines is 1. The van der Waals surface area contributed by atoms with Crippen molar-refractivity contribution in [3.8, 4) is 0 Å². The number of rotatable bonds is 7. The fourth-order valence-electron chi connectivity index (χ4n) is 2.68. The maximum Gasteiger partial charge on any atom is 0.322 e. The van der Waals surface area contributed by atoms with Gasteiger partial charge in [-0.1, -0.05) is 23.7 Å². The average molecular weight is 354 g/mol. The van der Waals surface area contributed by atoms with Crippen LogP contribution in [0.5, 0.6) is 0 Å². The van der Waals surface area contributed by atoms with E-state index in [0.29, 0.717) is 43.4 Å². The van der Waals surface area contributed by atoms with Gasteiger partial charge < -0.3 is 20.3 Å². The lowest BCUT2D eigenvalue weighted by Gasteiger charge is -2.24. The predicted octanol–water partition coefficient (Wildman–Crippen LogP) is 2.88. The van der Waals surface area contributed by atoms with Crippen molar-refractivity contribution in [2.24, 2.45) is 0 Å². The standard InChI is InChI=1S/C17H24ClN3O3/c1-2-24-12-6-10-19-16(22)15-9-5-11-21(15)17(23)20-14-8-4-3-7-13(14)18/h3-4,7-8,15H,2,5-6,9-12H2,1H3,(H,19,22)(H,20,23)/t15-/m1/s1. The SMILES string of the molecule is CCOCCCNC(=O)[C@H]1CCCN1C(=O)Nc1ccccc1Cl. The molecule has 6 nitrogen and oxygen atoms in total. The van der Waals surface area contributed by atoms with Gasteiger partial charge in [0.15, 0.2) is 0 Å². The van der Waals surface area contributed by atoms with Crippen LogP contribution in [0.2, 0.25) is 5.02 Å². The number of amides is 3. The van der Waals surface area contributed by atoms with E-state index in [2.05, 4.69) is 10.6 Å². The third-order valence-corrected chi connectivity index (χ3v) is 4.23. The van der Waals surface area contributed by atoms with E-state index in [4.69, 9.17) is 16.3 Å². The largest absolute Gasteiger partial charge is 0.382 e. The summed E-state index contributed by atoms with van der Waals surface area (Å²) < 4.78 is 5.24. The summed E-state index contributed by atoms with van der Waals surface area (Å²) in [5.74, 6) is -0.113. The predicted molar refractivity (Wildman–Crippen MR) is 94.3 cm³/mol. The number of benzene rings is 1. The molecule has 3 amide bonds. The number of likely N-dealkylation sites (tertiary alicyclic amines) is 1. The third-order valence-electron chi connectivity index (χ3n) is 3.90. The van der Waals surface area contributed by atoms with E-state index in [0.717, 1.165) is 12.8 Å². The highest BCUT2D eigenvalue weighted by Crippen LogP contribution is 2.23. The van der Waals surface area contributed by atoms with Crippen molar-refractivity contribution in [3.05, 3.63) is 29.3 Å². The van der Waals surface area contributed by atoms with E-state index < -0.39 is 6.04 Å². The van der Waals surface area contributed by atoms with E-state index in [1.807, 2.05) is 6.92 Å². The monoisotopic (exact) mass is 353 g/mol. The van der Waals surface area contributed by atoms with Gasteiger partial charge >= 0.3 is 6.03 Å². The number of urea groups is 1. The Kier molecular flexibility index (Phi) is 7.34. The zero-order valence-electron chi connectivity index (χ0n) is 13.9. The van der Waals surface area contributed by atoms with Gasteiger partial charge in [0.25, 0.3) is 0 Å². The summed E-state index contributed by atoms with van der Waals surface area (Å²) in [6.45, 7) is 4.35. The molecule has 2 rings (SSSR count). The van der Waals surface area contributed by atoms with Gasteiger partial charge in [-0.2, -0.15) is 0 Å². The fourth-order valence-corrected chi connectivity index (χ4v) is 2.86. The molecule has 1 saturated heterocycles. The van der Waals surface area contributed by atoms with Crippen LogP contribution in [0.25, 0.3) is 0 Å². The Morgan fingerprint density at radius 3 is 2.92 bits per heavy atom. The second kappa shape index (κ2) is 9.49. The summed E-state index contributed by atoms with van der Waals surface area (Å²) in [6, 6.07) is 6.32. The molecule has 1 aliphatic rings. The van der Waals surface area contributed by atoms with Crippen LogP contribution in [0.15, 0.2) is 24.3 Å². The zero-order valence-corrected chi connectivity index (χ0v) is 14.6. The van der Waals surface area contributed by atoms with E-state index in [1.54, 1.807) is 29.2 Å². The summed E-state index contributed by atoms with van der Waals surface area (Å²) in [7, 11) is 0. The molecule has 0 spiro atoms. The number of hydrogen-bond acceptors (Lipinski definition) is 3. The van der Waals surface area contributed by atoms with Crippen LogP contribution in [0.4, 0.5) is 10.5 Å². The number of hydrogen-bond donors (Lipinski definition) is 2. The van der Waals surface area contributed by atoms with Crippen LogP contribution in [0, 0.1) is 0 Å². The number of carbonyl (C=O) groups excluding carboxylic acids is 2. The maximum absolute atomic E-state index is 12.5. The normalized spacial score (nSPS) is 16.9. The van der Waals surface area contributed by atoms with Crippen molar-refractivity contribution in [2.75, 3.05) is 31.6 Å². The van der Waals surface area contributed by atoms with E-state index >= 15 is 0 Å². The molecule has 1 atom stereocenters. The zero-order chi connectivity index (χ0) is 17.4. The van der Waals surface area contributed by atoms with Crippen LogP contribution in [0.3, 0.4) is 0 Å². The molecule has 0 unspecified atom stereocenters. The Hall–Kier alpha value is -1.79. The highest BCUT2D eigenvalue weighted by atomic mass is 35.5. The van der Waals surface area contributed by atoms with E-state index in [-0.39, 0.29) is 11.9 Å². The van der Waals surface area contributed by atoms with Gasteiger partial charge in [0.2, 0.25) is 5.91 Å². The van der Waals surface area contributed by atoms with Crippen molar-refractivity contribution < 1.29 is 14.3 Å². The van der Waals surface area contributed by atoms with E-state index in [9.17, 15) is 9.59 Å². The number of para-hydroxylation sites is 1. The Bertz CT molecular complexity index is 568. The topological polar surface area (TPSA) is 70.7 Å². The molecular weight excluding hydrogens is 330 g/mol. The number of nitrogens with one attached hydrogen (secondary N) is 2. The molecule has 132 valence electrons. The summed E-state index contributed by atoms with van der Waals surface area (Å²) >= 11 is 6.06. The molecular formula is C17H24ClN3O3. The summed E-state index contributed by atoms with van der Waals surface area (Å²) in [5, 5.41) is 6.13. The van der Waals surface area contributed by atoms with Crippen molar-refractivity contribution >= 4 is 29.2 Å². The van der Waals surface area contributed by atoms with Crippen LogP contribution in [-0.4, -0.2) is 49.2 Å². The minimum Gasteiger partial charge on any atom is -0.382 e. The minimum atomic E-state index is -0.431. The minimum absolute atomic E-state index is 0.113. The molecule has 1 heterocycles. The van der Waals surface area contributed by atoms with Gasteiger partial charge in [-0.15, -0.1) is 0 Å². The second-order valence-corrected chi connectivity index (χ2v) is 6.01. The smallest absolute Gasteiger partial charge is 0.322 e. The number of ether oxygens (including phenoxy) is 1. The quantitative estimate of drug-likeness (QED) is 0.740. The summed E-state index contributed by atoms with van der Waals surface area (Å²) in [5.41, 5.74) is 0.548. The first-order valence-electron chi connectivity index (χ1n) is 8.31. The number of halogens is 1. The third kappa shape index (κ3) is 5.11. The Morgan fingerprint density at radius 1 is 1.38 bits per heavy atom. The summed E-state index contributed by atoms with van der Waals surface area (Å²) in [6.07, 6.45) is 2.25. The average Bonchev–Trinajstić information content (AvgIpc) is 3.06. The molecule has 0 aromatic heterocycles. The summed E-state index contributed by atoms with van der Waals surface area (Å²) in [4.78, 5) is 26.3. The lowest BCUT2D eigenvalue weighted by molar-refractivity contribution is -0.124. The second-order valence-electron chi connectivity index (χ2n) is 5.60. The van der Waals surface area contributed by atoms with Gasteiger partial charge in [0, 0.05) is 26.3 Å². The molecule has 1 aromatic carbocycles. The fraction of sp³-hybridized carbons (Fsp3) is 0.529. The Labute approximate surface area is 147 Å². The first-order valence-corrected chi connectivity index (χ1v) is 8.69. The van der Waals surface area contributed by atoms with Crippen LogP contribution in [-0.2, 0) is 9.53 Å². The maximum atomic E-state index is 12.5. The molecule has 1 fully saturated rings. The molecule has 0 radical (unpaired) electrons. The van der Waals surface area contributed by atoms with Gasteiger partial charge in [-0.25, -0.2) is 4.79 Å². The van der Waals surface area contributed by atoms with Crippen LogP contribution >= 0.6 is 11.6 Å². The molecule has 0 bridgehead atoms. The van der Waals surface area contributed by atoms with Crippen molar-refractivity contribution in [2.45, 2.75) is 32.2 Å². The highest BCUT2D eigenvalue weighted by molar-refractivity contribution is 6.33.